The summed E-state index contributed by atoms with van der Waals surface area (Å²) in [7, 11) is 1.76. The zero-order valence-corrected chi connectivity index (χ0v) is 18.1. The first-order valence-corrected chi connectivity index (χ1v) is 11.4. The van der Waals surface area contributed by atoms with Crippen LogP contribution in [0.4, 0.5) is 4.79 Å². The molecule has 0 aromatic heterocycles. The average molecular weight is 411 g/mol. The van der Waals surface area contributed by atoms with E-state index >= 15 is 0 Å². The molecule has 2 fully saturated rings. The normalized spacial score (nSPS) is 26.2. The van der Waals surface area contributed by atoms with E-state index in [0.29, 0.717) is 13.1 Å². The van der Waals surface area contributed by atoms with Gasteiger partial charge in [-0.2, -0.15) is 11.8 Å². The lowest BCUT2D eigenvalue weighted by molar-refractivity contribution is 0.168. The summed E-state index contributed by atoms with van der Waals surface area (Å²) in [5.74, 6) is 0.998. The fourth-order valence-corrected chi connectivity index (χ4v) is 6.44. The Labute approximate surface area is 178 Å². The van der Waals surface area contributed by atoms with Crippen LogP contribution in [0.25, 0.3) is 0 Å². The number of fused-ring (bicyclic) bond motifs is 1. The Hall–Kier alpha value is -1.98. The Morgan fingerprint density at radius 1 is 1.00 bits per heavy atom. The van der Waals surface area contributed by atoms with Gasteiger partial charge in [-0.15, -0.1) is 0 Å². The fourth-order valence-electron chi connectivity index (χ4n) is 4.78. The smallest absolute Gasteiger partial charge is 0.321 e. The van der Waals surface area contributed by atoms with Crippen molar-refractivity contribution >= 4 is 17.8 Å². The summed E-state index contributed by atoms with van der Waals surface area (Å²) in [4.78, 5) is 17.8. The SMILES string of the molecule is COCCCC1(C)SC[C@H]2[C@@H]1N(Cc1ccccc1)C(=O)N2Cc1ccccc1. The second-order valence-corrected chi connectivity index (χ2v) is 9.80. The molecule has 2 aromatic carbocycles. The van der Waals surface area contributed by atoms with Crippen molar-refractivity contribution in [2.24, 2.45) is 0 Å². The maximum atomic E-state index is 13.6. The van der Waals surface area contributed by atoms with E-state index in [1.807, 2.05) is 36.0 Å². The maximum Gasteiger partial charge on any atom is 0.321 e. The van der Waals surface area contributed by atoms with Gasteiger partial charge in [0.05, 0.1) is 12.1 Å². The van der Waals surface area contributed by atoms with Crippen LogP contribution in [0.5, 0.6) is 0 Å². The van der Waals surface area contributed by atoms with Crippen molar-refractivity contribution in [3.05, 3.63) is 71.8 Å². The van der Waals surface area contributed by atoms with Crippen LogP contribution in [0.2, 0.25) is 0 Å². The van der Waals surface area contributed by atoms with Gasteiger partial charge < -0.3 is 14.5 Å². The Morgan fingerprint density at radius 3 is 2.17 bits per heavy atom. The zero-order valence-electron chi connectivity index (χ0n) is 17.3. The lowest BCUT2D eigenvalue weighted by Gasteiger charge is -2.35. The highest BCUT2D eigenvalue weighted by molar-refractivity contribution is 8.01. The van der Waals surface area contributed by atoms with Crippen LogP contribution in [-0.4, -0.2) is 52.1 Å². The van der Waals surface area contributed by atoms with Crippen molar-refractivity contribution < 1.29 is 9.53 Å². The second kappa shape index (κ2) is 8.80. The van der Waals surface area contributed by atoms with E-state index < -0.39 is 0 Å². The minimum absolute atomic E-state index is 0.0546. The van der Waals surface area contributed by atoms with E-state index in [-0.39, 0.29) is 22.9 Å². The largest absolute Gasteiger partial charge is 0.385 e. The standard InChI is InChI=1S/C24H30N2O2S/c1-24(14-9-15-28-2)22-21(18-29-24)25(16-19-10-5-3-6-11-19)23(27)26(22)17-20-12-7-4-8-13-20/h3-8,10-13,21-22H,9,14-18H2,1-2H3/t21-,22-,24?/m0/s1. The molecule has 0 spiro atoms. The van der Waals surface area contributed by atoms with Crippen molar-refractivity contribution in [1.82, 2.24) is 9.80 Å². The van der Waals surface area contributed by atoms with E-state index in [2.05, 4.69) is 53.1 Å². The van der Waals surface area contributed by atoms with Gasteiger partial charge in [0.2, 0.25) is 0 Å². The summed E-state index contributed by atoms with van der Waals surface area (Å²) >= 11 is 2.03. The van der Waals surface area contributed by atoms with Crippen molar-refractivity contribution in [1.29, 1.82) is 0 Å². The second-order valence-electron chi connectivity index (χ2n) is 8.24. The topological polar surface area (TPSA) is 32.8 Å². The maximum absolute atomic E-state index is 13.6. The highest BCUT2D eigenvalue weighted by Gasteiger charge is 2.57. The molecular formula is C24H30N2O2S. The van der Waals surface area contributed by atoms with Gasteiger partial charge in [0.1, 0.15) is 0 Å². The summed E-state index contributed by atoms with van der Waals surface area (Å²) in [6.45, 7) is 4.47. The van der Waals surface area contributed by atoms with Gasteiger partial charge in [0.15, 0.2) is 0 Å². The Bertz CT molecular complexity index is 816. The molecule has 0 N–H and O–H groups in total. The van der Waals surface area contributed by atoms with Gasteiger partial charge in [-0.25, -0.2) is 4.79 Å². The van der Waals surface area contributed by atoms with Crippen LogP contribution in [0.3, 0.4) is 0 Å². The van der Waals surface area contributed by atoms with Crippen molar-refractivity contribution in [3.63, 3.8) is 0 Å². The molecule has 0 radical (unpaired) electrons. The van der Waals surface area contributed by atoms with E-state index in [9.17, 15) is 4.79 Å². The molecule has 2 heterocycles. The Balaban J connectivity index is 1.61. The Kier molecular flexibility index (Phi) is 6.16. The number of benzene rings is 2. The van der Waals surface area contributed by atoms with Crippen LogP contribution < -0.4 is 0 Å². The number of hydrogen-bond acceptors (Lipinski definition) is 3. The monoisotopic (exact) mass is 410 g/mol. The van der Waals surface area contributed by atoms with Crippen molar-refractivity contribution in [2.75, 3.05) is 19.5 Å². The molecule has 0 aliphatic carbocycles. The molecule has 5 heteroatoms. The van der Waals surface area contributed by atoms with E-state index in [1.54, 1.807) is 7.11 Å². The number of nitrogens with zero attached hydrogens (tertiary/aromatic N) is 2. The van der Waals surface area contributed by atoms with Crippen molar-refractivity contribution in [2.45, 2.75) is 49.7 Å². The van der Waals surface area contributed by atoms with Crippen LogP contribution >= 0.6 is 11.8 Å². The minimum Gasteiger partial charge on any atom is -0.385 e. The quantitative estimate of drug-likeness (QED) is 0.463. The summed E-state index contributed by atoms with van der Waals surface area (Å²) in [5.41, 5.74) is 2.39. The number of carbonyl (C=O) groups is 1. The summed E-state index contributed by atoms with van der Waals surface area (Å²) in [5, 5.41) is 0. The third-order valence-corrected chi connectivity index (χ3v) is 7.83. The molecule has 1 unspecified atom stereocenters. The number of thioether (sulfide) groups is 1. The van der Waals surface area contributed by atoms with Crippen LogP contribution in [-0.2, 0) is 17.8 Å². The zero-order chi connectivity index (χ0) is 20.3. The molecule has 0 bridgehead atoms. The minimum atomic E-state index is 0.0546. The van der Waals surface area contributed by atoms with E-state index in [0.717, 1.165) is 25.2 Å². The summed E-state index contributed by atoms with van der Waals surface area (Å²) < 4.78 is 5.36. The lowest BCUT2D eigenvalue weighted by Crippen LogP contribution is -2.47. The molecule has 29 heavy (non-hydrogen) atoms. The average Bonchev–Trinajstić information content (AvgIpc) is 3.21. The number of methoxy groups -OCH3 is 1. The molecule has 4 nitrogen and oxygen atoms in total. The highest BCUT2D eigenvalue weighted by Crippen LogP contribution is 2.50. The number of hydrogen-bond donors (Lipinski definition) is 0. The molecular weight excluding hydrogens is 380 g/mol. The first-order valence-electron chi connectivity index (χ1n) is 10.4. The molecule has 2 saturated heterocycles. The fraction of sp³-hybridized carbons (Fsp3) is 0.458. The predicted octanol–water partition coefficient (Wildman–Crippen LogP) is 4.79. The molecule has 2 aliphatic heterocycles. The summed E-state index contributed by atoms with van der Waals surface area (Å²) in [6.07, 6.45) is 2.08. The van der Waals surface area contributed by atoms with Gasteiger partial charge in [-0.05, 0) is 30.9 Å². The number of carbonyl (C=O) groups excluding carboxylic acids is 1. The van der Waals surface area contributed by atoms with Crippen molar-refractivity contribution in [3.8, 4) is 0 Å². The third kappa shape index (κ3) is 4.17. The molecule has 0 saturated carbocycles. The van der Waals surface area contributed by atoms with Crippen LogP contribution in [0.1, 0.15) is 30.9 Å². The summed E-state index contributed by atoms with van der Waals surface area (Å²) in [6, 6.07) is 21.4. The number of ether oxygens (including phenoxy) is 1. The van der Waals surface area contributed by atoms with E-state index in [1.165, 1.54) is 11.1 Å². The predicted molar refractivity (Wildman–Crippen MR) is 119 cm³/mol. The van der Waals surface area contributed by atoms with Crippen LogP contribution in [0.15, 0.2) is 60.7 Å². The number of urea groups is 1. The highest BCUT2D eigenvalue weighted by atomic mass is 32.2. The third-order valence-electron chi connectivity index (χ3n) is 6.21. The first kappa shape index (κ1) is 20.3. The molecule has 3 atom stereocenters. The van der Waals surface area contributed by atoms with Gasteiger partial charge in [-0.1, -0.05) is 60.7 Å². The van der Waals surface area contributed by atoms with Gasteiger partial charge in [0, 0.05) is 37.3 Å². The van der Waals surface area contributed by atoms with Gasteiger partial charge in [-0.3, -0.25) is 0 Å². The molecule has 154 valence electrons. The molecule has 4 rings (SSSR count). The number of rotatable bonds is 8. The number of amides is 2. The lowest BCUT2D eigenvalue weighted by atomic mass is 9.90. The Morgan fingerprint density at radius 2 is 1.59 bits per heavy atom. The van der Waals surface area contributed by atoms with Crippen LogP contribution in [0, 0.1) is 0 Å². The molecule has 2 aromatic rings. The molecule has 2 aliphatic rings. The van der Waals surface area contributed by atoms with E-state index in [4.69, 9.17) is 4.74 Å². The first-order chi connectivity index (χ1) is 14.1. The molecule has 2 amide bonds. The van der Waals surface area contributed by atoms with Gasteiger partial charge >= 0.3 is 6.03 Å². The van der Waals surface area contributed by atoms with Gasteiger partial charge in [0.25, 0.3) is 0 Å².